The fourth-order valence-corrected chi connectivity index (χ4v) is 2.34. The molecule has 1 aromatic carbocycles. The number of rotatable bonds is 3. The van der Waals surface area contributed by atoms with E-state index in [1.165, 1.54) is 10.6 Å². The lowest BCUT2D eigenvalue weighted by Crippen LogP contribution is -2.24. The van der Waals surface area contributed by atoms with Crippen molar-refractivity contribution in [3.8, 4) is 0 Å². The monoisotopic (exact) mass is 313 g/mol. The number of hydrogen-bond donors (Lipinski definition) is 1. The molecule has 0 aliphatic rings. The zero-order valence-electron chi connectivity index (χ0n) is 13.1. The van der Waals surface area contributed by atoms with Gasteiger partial charge in [0, 0.05) is 17.9 Å². The standard InChI is InChI=1S/C16H16FN5O/c1-9-6-12(4-5-13(9)17)8-18-15(23)14-20-16-19-10(2)7-11(3)22(16)21-14/h4-7H,8H2,1-3H3,(H,18,23). The van der Waals surface area contributed by atoms with Gasteiger partial charge in [0.25, 0.3) is 11.7 Å². The zero-order chi connectivity index (χ0) is 16.6. The number of benzene rings is 1. The number of nitrogens with one attached hydrogen (secondary N) is 1. The summed E-state index contributed by atoms with van der Waals surface area (Å²) in [7, 11) is 0. The highest BCUT2D eigenvalue weighted by Crippen LogP contribution is 2.09. The lowest BCUT2D eigenvalue weighted by atomic mass is 10.1. The lowest BCUT2D eigenvalue weighted by Gasteiger charge is -2.04. The first-order chi connectivity index (χ1) is 10.9. The van der Waals surface area contributed by atoms with Crippen molar-refractivity contribution in [1.29, 1.82) is 0 Å². The number of aromatic nitrogens is 4. The Morgan fingerprint density at radius 2 is 2.00 bits per heavy atom. The van der Waals surface area contributed by atoms with Crippen LogP contribution in [-0.2, 0) is 6.54 Å². The minimum atomic E-state index is -0.394. The molecule has 0 saturated heterocycles. The number of halogens is 1. The molecule has 0 saturated carbocycles. The fourth-order valence-electron chi connectivity index (χ4n) is 2.34. The van der Waals surface area contributed by atoms with Crippen LogP contribution in [0.15, 0.2) is 24.3 Å². The Kier molecular flexibility index (Phi) is 3.77. The first kappa shape index (κ1) is 15.1. The van der Waals surface area contributed by atoms with E-state index >= 15 is 0 Å². The second-order valence-electron chi connectivity index (χ2n) is 5.45. The molecule has 2 heterocycles. The number of hydrogen-bond acceptors (Lipinski definition) is 4. The van der Waals surface area contributed by atoms with Crippen LogP contribution in [0.1, 0.15) is 33.1 Å². The predicted octanol–water partition coefficient (Wildman–Crippen LogP) is 2.12. The minimum absolute atomic E-state index is 0.0602. The molecule has 0 aliphatic heterocycles. The van der Waals surface area contributed by atoms with Crippen molar-refractivity contribution in [3.63, 3.8) is 0 Å². The quantitative estimate of drug-likeness (QED) is 0.804. The largest absolute Gasteiger partial charge is 0.345 e. The van der Waals surface area contributed by atoms with E-state index in [4.69, 9.17) is 0 Å². The van der Waals surface area contributed by atoms with Crippen molar-refractivity contribution >= 4 is 11.7 Å². The highest BCUT2D eigenvalue weighted by molar-refractivity contribution is 5.90. The van der Waals surface area contributed by atoms with E-state index in [0.29, 0.717) is 11.3 Å². The van der Waals surface area contributed by atoms with Gasteiger partial charge in [0.2, 0.25) is 5.82 Å². The van der Waals surface area contributed by atoms with Crippen LogP contribution in [0.3, 0.4) is 0 Å². The molecule has 7 heteroatoms. The third-order valence-electron chi connectivity index (χ3n) is 3.50. The Morgan fingerprint density at radius 3 is 2.74 bits per heavy atom. The minimum Gasteiger partial charge on any atom is -0.345 e. The summed E-state index contributed by atoms with van der Waals surface area (Å²) in [6.45, 7) is 5.69. The van der Waals surface area contributed by atoms with Gasteiger partial charge in [-0.25, -0.2) is 13.9 Å². The van der Waals surface area contributed by atoms with E-state index in [1.807, 2.05) is 19.9 Å². The predicted molar refractivity (Wildman–Crippen MR) is 82.6 cm³/mol. The van der Waals surface area contributed by atoms with Crippen LogP contribution in [-0.4, -0.2) is 25.5 Å². The Morgan fingerprint density at radius 1 is 1.22 bits per heavy atom. The van der Waals surface area contributed by atoms with Gasteiger partial charge in [-0.2, -0.15) is 4.98 Å². The molecule has 1 N–H and O–H groups in total. The van der Waals surface area contributed by atoms with Gasteiger partial charge < -0.3 is 5.32 Å². The van der Waals surface area contributed by atoms with Crippen molar-refractivity contribution in [2.75, 3.05) is 0 Å². The summed E-state index contributed by atoms with van der Waals surface area (Å²) in [5.41, 5.74) is 3.02. The van der Waals surface area contributed by atoms with Crippen molar-refractivity contribution in [2.24, 2.45) is 0 Å². The average Bonchev–Trinajstić information content (AvgIpc) is 2.92. The topological polar surface area (TPSA) is 72.2 Å². The molecule has 0 atom stereocenters. The van der Waals surface area contributed by atoms with Crippen molar-refractivity contribution in [2.45, 2.75) is 27.3 Å². The number of carbonyl (C=O) groups is 1. The van der Waals surface area contributed by atoms with Gasteiger partial charge in [-0.3, -0.25) is 4.79 Å². The molecule has 6 nitrogen and oxygen atoms in total. The van der Waals surface area contributed by atoms with Gasteiger partial charge in [0.05, 0.1) is 0 Å². The Balaban J connectivity index is 1.78. The molecule has 0 fully saturated rings. The van der Waals surface area contributed by atoms with Crippen LogP contribution in [0.4, 0.5) is 4.39 Å². The lowest BCUT2D eigenvalue weighted by molar-refractivity contribution is 0.0940. The maximum Gasteiger partial charge on any atom is 0.291 e. The average molecular weight is 313 g/mol. The molecule has 2 aromatic heterocycles. The van der Waals surface area contributed by atoms with Crippen LogP contribution < -0.4 is 5.32 Å². The molecule has 0 unspecified atom stereocenters. The van der Waals surface area contributed by atoms with Crippen LogP contribution >= 0.6 is 0 Å². The first-order valence-electron chi connectivity index (χ1n) is 7.18. The number of carbonyl (C=O) groups excluding carboxylic acids is 1. The van der Waals surface area contributed by atoms with Gasteiger partial charge in [-0.1, -0.05) is 12.1 Å². The smallest absolute Gasteiger partial charge is 0.291 e. The Hall–Kier alpha value is -2.83. The summed E-state index contributed by atoms with van der Waals surface area (Å²) in [6, 6.07) is 6.58. The van der Waals surface area contributed by atoms with E-state index in [9.17, 15) is 9.18 Å². The second-order valence-corrected chi connectivity index (χ2v) is 5.45. The maximum absolute atomic E-state index is 13.2. The molecule has 118 valence electrons. The zero-order valence-corrected chi connectivity index (χ0v) is 13.1. The van der Waals surface area contributed by atoms with E-state index in [1.54, 1.807) is 19.1 Å². The molecule has 23 heavy (non-hydrogen) atoms. The first-order valence-corrected chi connectivity index (χ1v) is 7.18. The van der Waals surface area contributed by atoms with Crippen LogP contribution in [0.25, 0.3) is 5.78 Å². The molecule has 3 aromatic rings. The van der Waals surface area contributed by atoms with Crippen LogP contribution in [0.2, 0.25) is 0 Å². The summed E-state index contributed by atoms with van der Waals surface area (Å²) < 4.78 is 14.8. The molecule has 0 spiro atoms. The Bertz CT molecular complexity index is 903. The molecule has 0 radical (unpaired) electrons. The molecule has 0 bridgehead atoms. The maximum atomic E-state index is 13.2. The number of fused-ring (bicyclic) bond motifs is 1. The molecule has 3 rings (SSSR count). The summed E-state index contributed by atoms with van der Waals surface area (Å²) in [4.78, 5) is 20.6. The second kappa shape index (κ2) is 5.75. The number of amides is 1. The molecule has 0 aliphatic carbocycles. The third kappa shape index (κ3) is 3.03. The van der Waals surface area contributed by atoms with E-state index in [-0.39, 0.29) is 18.2 Å². The van der Waals surface area contributed by atoms with Crippen LogP contribution in [0.5, 0.6) is 0 Å². The molecule has 1 amide bonds. The van der Waals surface area contributed by atoms with Gasteiger partial charge in [0.15, 0.2) is 0 Å². The number of nitrogens with zero attached hydrogens (tertiary/aromatic N) is 4. The van der Waals surface area contributed by atoms with E-state index < -0.39 is 5.91 Å². The third-order valence-corrected chi connectivity index (χ3v) is 3.50. The van der Waals surface area contributed by atoms with Gasteiger partial charge in [-0.05, 0) is 44.0 Å². The van der Waals surface area contributed by atoms with Gasteiger partial charge in [0.1, 0.15) is 5.82 Å². The summed E-state index contributed by atoms with van der Waals surface area (Å²) in [6.07, 6.45) is 0. The fraction of sp³-hybridized carbons (Fsp3) is 0.250. The van der Waals surface area contributed by atoms with Crippen molar-refractivity contribution < 1.29 is 9.18 Å². The van der Waals surface area contributed by atoms with Crippen molar-refractivity contribution in [3.05, 3.63) is 58.4 Å². The van der Waals surface area contributed by atoms with Gasteiger partial charge in [-0.15, -0.1) is 5.10 Å². The normalized spacial score (nSPS) is 11.0. The van der Waals surface area contributed by atoms with E-state index in [2.05, 4.69) is 20.4 Å². The Labute approximate surface area is 132 Å². The van der Waals surface area contributed by atoms with E-state index in [0.717, 1.165) is 17.0 Å². The summed E-state index contributed by atoms with van der Waals surface area (Å²) in [5.74, 6) is -0.205. The molecular formula is C16H16FN5O. The summed E-state index contributed by atoms with van der Waals surface area (Å²) in [5, 5.41) is 6.90. The highest BCUT2D eigenvalue weighted by atomic mass is 19.1. The summed E-state index contributed by atoms with van der Waals surface area (Å²) >= 11 is 0. The van der Waals surface area contributed by atoms with Gasteiger partial charge >= 0.3 is 0 Å². The SMILES string of the molecule is Cc1cc(C)n2nc(C(=O)NCc3ccc(F)c(C)c3)nc2n1. The highest BCUT2D eigenvalue weighted by Gasteiger charge is 2.14. The number of aryl methyl sites for hydroxylation is 3. The van der Waals surface area contributed by atoms with Crippen molar-refractivity contribution in [1.82, 2.24) is 24.9 Å². The molecular weight excluding hydrogens is 297 g/mol. The van der Waals surface area contributed by atoms with Crippen LogP contribution in [0, 0.1) is 26.6 Å².